The quantitative estimate of drug-likeness (QED) is 0.757. The lowest BCUT2D eigenvalue weighted by molar-refractivity contribution is 0.354. The molecule has 0 atom stereocenters. The number of ether oxygens (including phenoxy) is 2. The predicted molar refractivity (Wildman–Crippen MR) is 90.4 cm³/mol. The van der Waals surface area contributed by atoms with Crippen molar-refractivity contribution in [2.75, 3.05) is 19.5 Å². The van der Waals surface area contributed by atoms with Gasteiger partial charge in [0, 0.05) is 6.54 Å². The van der Waals surface area contributed by atoms with E-state index < -0.39 is 0 Å². The summed E-state index contributed by atoms with van der Waals surface area (Å²) in [5.41, 5.74) is 3.10. The molecule has 1 heterocycles. The number of nitrogens with zero attached hydrogens (tertiary/aromatic N) is 2. The van der Waals surface area contributed by atoms with Crippen LogP contribution in [0.1, 0.15) is 5.56 Å². The van der Waals surface area contributed by atoms with Crippen LogP contribution in [0.5, 0.6) is 11.5 Å². The first-order chi connectivity index (χ1) is 11.3. The van der Waals surface area contributed by atoms with E-state index in [0.717, 1.165) is 28.4 Å². The van der Waals surface area contributed by atoms with Crippen LogP contribution in [0.15, 0.2) is 60.9 Å². The van der Waals surface area contributed by atoms with Crippen molar-refractivity contribution in [3.8, 4) is 17.2 Å². The summed E-state index contributed by atoms with van der Waals surface area (Å²) in [6.07, 6.45) is 3.78. The van der Waals surface area contributed by atoms with Gasteiger partial charge in [0.1, 0.15) is 0 Å². The second kappa shape index (κ2) is 6.87. The minimum atomic E-state index is 0.681. The molecule has 23 heavy (non-hydrogen) atoms. The number of hydrogen-bond donors (Lipinski definition) is 1. The van der Waals surface area contributed by atoms with Crippen LogP contribution >= 0.6 is 0 Å². The van der Waals surface area contributed by atoms with Crippen LogP contribution in [-0.4, -0.2) is 24.0 Å². The Balaban J connectivity index is 1.68. The Morgan fingerprint density at radius 3 is 2.52 bits per heavy atom. The van der Waals surface area contributed by atoms with Gasteiger partial charge in [-0.3, -0.25) is 0 Å². The lowest BCUT2D eigenvalue weighted by Crippen LogP contribution is -2.00. The van der Waals surface area contributed by atoms with E-state index in [2.05, 4.69) is 10.4 Å². The van der Waals surface area contributed by atoms with Crippen LogP contribution < -0.4 is 14.8 Å². The molecule has 0 aliphatic rings. The summed E-state index contributed by atoms with van der Waals surface area (Å²) in [5.74, 6) is 1.46. The van der Waals surface area contributed by atoms with Crippen LogP contribution in [-0.2, 0) is 6.54 Å². The maximum atomic E-state index is 5.32. The average Bonchev–Trinajstić information content (AvgIpc) is 3.09. The Morgan fingerprint density at radius 2 is 1.78 bits per heavy atom. The first-order valence-corrected chi connectivity index (χ1v) is 7.35. The molecular formula is C18H19N3O2. The van der Waals surface area contributed by atoms with Gasteiger partial charge in [-0.1, -0.05) is 24.3 Å². The van der Waals surface area contributed by atoms with Crippen molar-refractivity contribution in [2.24, 2.45) is 0 Å². The van der Waals surface area contributed by atoms with Crippen LogP contribution in [0, 0.1) is 0 Å². The molecule has 1 aromatic heterocycles. The molecule has 5 nitrogen and oxygen atoms in total. The molecule has 3 rings (SSSR count). The largest absolute Gasteiger partial charge is 0.493 e. The second-order valence-electron chi connectivity index (χ2n) is 5.05. The summed E-state index contributed by atoms with van der Waals surface area (Å²) in [4.78, 5) is 0. The Bertz CT molecular complexity index is 769. The van der Waals surface area contributed by atoms with Crippen LogP contribution in [0.2, 0.25) is 0 Å². The van der Waals surface area contributed by atoms with Gasteiger partial charge in [-0.05, 0) is 29.8 Å². The number of aromatic nitrogens is 2. The van der Waals surface area contributed by atoms with E-state index in [1.165, 1.54) is 0 Å². The maximum Gasteiger partial charge on any atom is 0.161 e. The van der Waals surface area contributed by atoms with Crippen molar-refractivity contribution in [1.29, 1.82) is 0 Å². The van der Waals surface area contributed by atoms with Gasteiger partial charge in [0.15, 0.2) is 11.5 Å². The molecule has 0 aliphatic carbocycles. The van der Waals surface area contributed by atoms with E-state index in [4.69, 9.17) is 9.47 Å². The van der Waals surface area contributed by atoms with Gasteiger partial charge in [-0.15, -0.1) is 0 Å². The van der Waals surface area contributed by atoms with Gasteiger partial charge in [0.25, 0.3) is 0 Å². The fourth-order valence-electron chi connectivity index (χ4n) is 2.33. The van der Waals surface area contributed by atoms with Crippen molar-refractivity contribution in [1.82, 2.24) is 9.78 Å². The summed E-state index contributed by atoms with van der Waals surface area (Å²) in [6.45, 7) is 0.681. The summed E-state index contributed by atoms with van der Waals surface area (Å²) in [6, 6.07) is 15.9. The van der Waals surface area contributed by atoms with Gasteiger partial charge in [0.05, 0.1) is 38.0 Å². The first-order valence-electron chi connectivity index (χ1n) is 7.35. The van der Waals surface area contributed by atoms with Gasteiger partial charge in [-0.25, -0.2) is 4.68 Å². The second-order valence-corrected chi connectivity index (χ2v) is 5.05. The van der Waals surface area contributed by atoms with Crippen molar-refractivity contribution in [3.05, 3.63) is 66.5 Å². The zero-order valence-corrected chi connectivity index (χ0v) is 13.2. The number of nitrogens with one attached hydrogen (secondary N) is 1. The zero-order valence-electron chi connectivity index (χ0n) is 13.2. The highest BCUT2D eigenvalue weighted by Crippen LogP contribution is 2.27. The molecule has 0 spiro atoms. The van der Waals surface area contributed by atoms with Crippen molar-refractivity contribution in [2.45, 2.75) is 6.54 Å². The molecule has 3 aromatic rings. The standard InChI is InChI=1S/C18H19N3O2/c1-22-17-9-8-14(10-18(17)23-2)11-19-15-12-20-21(13-15)16-6-4-3-5-7-16/h3-10,12-13,19H,11H2,1-2H3. The van der Waals surface area contributed by atoms with E-state index >= 15 is 0 Å². The highest BCUT2D eigenvalue weighted by Gasteiger charge is 2.05. The molecule has 2 aromatic carbocycles. The normalized spacial score (nSPS) is 10.3. The molecule has 0 unspecified atom stereocenters. The van der Waals surface area contributed by atoms with Gasteiger partial charge in [0.2, 0.25) is 0 Å². The molecule has 0 amide bonds. The molecule has 0 saturated carbocycles. The predicted octanol–water partition coefficient (Wildman–Crippen LogP) is 3.50. The number of hydrogen-bond acceptors (Lipinski definition) is 4. The highest BCUT2D eigenvalue weighted by molar-refractivity contribution is 5.46. The van der Waals surface area contributed by atoms with Crippen molar-refractivity contribution in [3.63, 3.8) is 0 Å². The number of anilines is 1. The Morgan fingerprint density at radius 1 is 1.00 bits per heavy atom. The Hall–Kier alpha value is -2.95. The lowest BCUT2D eigenvalue weighted by atomic mass is 10.2. The molecule has 0 aliphatic heterocycles. The van der Waals surface area contributed by atoms with E-state index in [1.54, 1.807) is 14.2 Å². The molecule has 0 radical (unpaired) electrons. The van der Waals surface area contributed by atoms with Gasteiger partial charge in [-0.2, -0.15) is 5.10 Å². The fourth-order valence-corrected chi connectivity index (χ4v) is 2.33. The molecule has 1 N–H and O–H groups in total. The van der Waals surface area contributed by atoms with Crippen LogP contribution in [0.4, 0.5) is 5.69 Å². The number of benzene rings is 2. The first kappa shape index (κ1) is 15.0. The van der Waals surface area contributed by atoms with E-state index in [-0.39, 0.29) is 0 Å². The van der Waals surface area contributed by atoms with E-state index in [0.29, 0.717) is 6.54 Å². The fraction of sp³-hybridized carbons (Fsp3) is 0.167. The van der Waals surface area contributed by atoms with E-state index in [1.807, 2.05) is 65.6 Å². The molecular weight excluding hydrogens is 290 g/mol. The molecule has 0 bridgehead atoms. The smallest absolute Gasteiger partial charge is 0.161 e. The maximum absolute atomic E-state index is 5.32. The number of methoxy groups -OCH3 is 2. The third kappa shape index (κ3) is 3.45. The average molecular weight is 309 g/mol. The third-order valence-electron chi connectivity index (χ3n) is 3.55. The monoisotopic (exact) mass is 309 g/mol. The molecule has 5 heteroatoms. The summed E-state index contributed by atoms with van der Waals surface area (Å²) in [5, 5.41) is 7.73. The Kier molecular flexibility index (Phi) is 4.47. The molecule has 0 saturated heterocycles. The summed E-state index contributed by atoms with van der Waals surface area (Å²) in [7, 11) is 3.27. The number of para-hydroxylation sites is 1. The highest BCUT2D eigenvalue weighted by atomic mass is 16.5. The lowest BCUT2D eigenvalue weighted by Gasteiger charge is -2.10. The Labute approximate surface area is 135 Å². The topological polar surface area (TPSA) is 48.3 Å². The number of rotatable bonds is 6. The van der Waals surface area contributed by atoms with Crippen LogP contribution in [0.25, 0.3) is 5.69 Å². The van der Waals surface area contributed by atoms with Crippen molar-refractivity contribution < 1.29 is 9.47 Å². The minimum absolute atomic E-state index is 0.681. The molecule has 118 valence electrons. The third-order valence-corrected chi connectivity index (χ3v) is 3.55. The van der Waals surface area contributed by atoms with Gasteiger partial charge >= 0.3 is 0 Å². The SMILES string of the molecule is COc1ccc(CNc2cnn(-c3ccccc3)c2)cc1OC. The van der Waals surface area contributed by atoms with Crippen LogP contribution in [0.3, 0.4) is 0 Å². The zero-order chi connectivity index (χ0) is 16.1. The van der Waals surface area contributed by atoms with E-state index in [9.17, 15) is 0 Å². The van der Waals surface area contributed by atoms with Gasteiger partial charge < -0.3 is 14.8 Å². The van der Waals surface area contributed by atoms with Crippen molar-refractivity contribution >= 4 is 5.69 Å². The molecule has 0 fully saturated rings. The summed E-state index contributed by atoms with van der Waals surface area (Å²) >= 11 is 0. The minimum Gasteiger partial charge on any atom is -0.493 e. The summed E-state index contributed by atoms with van der Waals surface area (Å²) < 4.78 is 12.4.